The molecule has 1 heterocycles. The lowest BCUT2D eigenvalue weighted by Gasteiger charge is -2.30. The molecule has 0 aliphatic heterocycles. The summed E-state index contributed by atoms with van der Waals surface area (Å²) in [5, 5.41) is 18.8. The Labute approximate surface area is 224 Å². The van der Waals surface area contributed by atoms with Gasteiger partial charge in [-0.2, -0.15) is 0 Å². The number of aliphatic carboxylic acids is 1. The molecule has 210 valence electrons. The van der Waals surface area contributed by atoms with Crippen molar-refractivity contribution in [3.05, 3.63) is 36.0 Å². The molecule has 0 aliphatic carbocycles. The summed E-state index contributed by atoms with van der Waals surface area (Å²) in [6.45, 7) is 11.1. The van der Waals surface area contributed by atoms with Crippen LogP contribution in [-0.2, 0) is 25.6 Å². The van der Waals surface area contributed by atoms with Gasteiger partial charge in [-0.3, -0.25) is 14.4 Å². The second-order valence-electron chi connectivity index (χ2n) is 10.5. The van der Waals surface area contributed by atoms with Gasteiger partial charge < -0.3 is 31.8 Å². The van der Waals surface area contributed by atoms with Crippen molar-refractivity contribution < 1.29 is 24.3 Å². The molecule has 10 heteroatoms. The highest BCUT2D eigenvalue weighted by Crippen LogP contribution is 2.19. The molecular formula is C28H43N5O5. The maximum absolute atomic E-state index is 13.3. The monoisotopic (exact) mass is 529 g/mol. The summed E-state index contributed by atoms with van der Waals surface area (Å²) < 4.78 is 0. The number of nitrogens with one attached hydrogen (secondary N) is 4. The van der Waals surface area contributed by atoms with Gasteiger partial charge in [0.2, 0.25) is 17.7 Å². The zero-order valence-electron chi connectivity index (χ0n) is 23.2. The van der Waals surface area contributed by atoms with E-state index in [1.54, 1.807) is 20.0 Å². The summed E-state index contributed by atoms with van der Waals surface area (Å²) in [5.41, 5.74) is 7.70. The van der Waals surface area contributed by atoms with Gasteiger partial charge in [0, 0.05) is 23.5 Å². The second-order valence-corrected chi connectivity index (χ2v) is 10.5. The van der Waals surface area contributed by atoms with Crippen LogP contribution in [-0.4, -0.2) is 57.9 Å². The molecule has 0 fully saturated rings. The topological polar surface area (TPSA) is 166 Å². The molecule has 1 aromatic carbocycles. The third-order valence-electron chi connectivity index (χ3n) is 7.31. The van der Waals surface area contributed by atoms with Gasteiger partial charge in [-0.15, -0.1) is 0 Å². The Morgan fingerprint density at radius 1 is 0.868 bits per heavy atom. The van der Waals surface area contributed by atoms with Crippen LogP contribution in [0.4, 0.5) is 0 Å². The van der Waals surface area contributed by atoms with E-state index < -0.39 is 47.9 Å². The molecule has 6 atom stereocenters. The number of amides is 3. The smallest absolute Gasteiger partial charge is 0.326 e. The van der Waals surface area contributed by atoms with Gasteiger partial charge >= 0.3 is 5.97 Å². The summed E-state index contributed by atoms with van der Waals surface area (Å²) in [6, 6.07) is 3.66. The summed E-state index contributed by atoms with van der Waals surface area (Å²) in [5.74, 6) is -3.33. The minimum atomic E-state index is -1.20. The molecule has 0 spiro atoms. The fourth-order valence-corrected chi connectivity index (χ4v) is 4.22. The number of hydrogen-bond acceptors (Lipinski definition) is 5. The highest BCUT2D eigenvalue weighted by Gasteiger charge is 2.34. The highest BCUT2D eigenvalue weighted by molar-refractivity contribution is 5.94. The Kier molecular flexibility index (Phi) is 11.3. The van der Waals surface area contributed by atoms with Crippen molar-refractivity contribution in [1.29, 1.82) is 0 Å². The van der Waals surface area contributed by atoms with Crippen LogP contribution in [0.25, 0.3) is 10.9 Å². The van der Waals surface area contributed by atoms with Crippen LogP contribution in [0.5, 0.6) is 0 Å². The number of aromatic nitrogens is 1. The lowest BCUT2D eigenvalue weighted by Crippen LogP contribution is -2.60. The summed E-state index contributed by atoms with van der Waals surface area (Å²) in [4.78, 5) is 54.4. The molecule has 38 heavy (non-hydrogen) atoms. The van der Waals surface area contributed by atoms with Crippen LogP contribution in [0.15, 0.2) is 30.5 Å². The number of carboxylic acid groups (broad SMARTS) is 1. The molecule has 10 nitrogen and oxygen atoms in total. The van der Waals surface area contributed by atoms with Crippen LogP contribution in [0, 0.1) is 17.8 Å². The number of nitrogens with two attached hydrogens (primary N) is 1. The van der Waals surface area contributed by atoms with Crippen molar-refractivity contribution in [2.75, 3.05) is 0 Å². The van der Waals surface area contributed by atoms with E-state index in [1.807, 2.05) is 52.0 Å². The van der Waals surface area contributed by atoms with Crippen LogP contribution in [0.3, 0.4) is 0 Å². The van der Waals surface area contributed by atoms with E-state index in [0.717, 1.165) is 16.5 Å². The van der Waals surface area contributed by atoms with Crippen molar-refractivity contribution in [3.8, 4) is 0 Å². The molecule has 6 unspecified atom stereocenters. The normalized spacial score (nSPS) is 16.2. The van der Waals surface area contributed by atoms with E-state index >= 15 is 0 Å². The van der Waals surface area contributed by atoms with Gasteiger partial charge in [0.1, 0.15) is 18.1 Å². The Bertz CT molecular complexity index is 1110. The van der Waals surface area contributed by atoms with E-state index in [9.17, 15) is 24.3 Å². The molecule has 0 saturated heterocycles. The molecular weight excluding hydrogens is 486 g/mol. The predicted octanol–water partition coefficient (Wildman–Crippen LogP) is 2.32. The molecule has 0 saturated carbocycles. The standard InChI is InChI=1S/C28H43N5O5/c1-7-16(5)22(29)25(34)33-24(17(6)8-2)27(36)32-23(15(3)4)26(35)31-21(28(37)38)13-18-14-30-20-12-10-9-11-19(18)20/h9-12,14-17,21-24,30H,7-8,13,29H2,1-6H3,(H,31,35)(H,32,36)(H,33,34)(H,37,38). The third kappa shape index (κ3) is 7.80. The van der Waals surface area contributed by atoms with Gasteiger partial charge in [0.25, 0.3) is 0 Å². The third-order valence-corrected chi connectivity index (χ3v) is 7.31. The van der Waals surface area contributed by atoms with Gasteiger partial charge in [-0.1, -0.05) is 72.6 Å². The number of carboxylic acids is 1. The van der Waals surface area contributed by atoms with Gasteiger partial charge in [0.15, 0.2) is 0 Å². The van der Waals surface area contributed by atoms with Crippen LogP contribution >= 0.6 is 0 Å². The van der Waals surface area contributed by atoms with Gasteiger partial charge in [-0.25, -0.2) is 4.79 Å². The quantitative estimate of drug-likeness (QED) is 0.220. The number of benzene rings is 1. The summed E-state index contributed by atoms with van der Waals surface area (Å²) in [6.07, 6.45) is 3.13. The van der Waals surface area contributed by atoms with Crippen molar-refractivity contribution in [3.63, 3.8) is 0 Å². The first-order valence-electron chi connectivity index (χ1n) is 13.4. The molecule has 7 N–H and O–H groups in total. The second kappa shape index (κ2) is 13.9. The average Bonchev–Trinajstić information content (AvgIpc) is 3.30. The Hall–Kier alpha value is -3.40. The molecule has 2 rings (SSSR count). The molecule has 0 radical (unpaired) electrons. The number of fused-ring (bicyclic) bond motifs is 1. The SMILES string of the molecule is CCC(C)C(N)C(=O)NC(C(=O)NC(C(=O)NC(Cc1c[nH]c2ccccc12)C(=O)O)C(C)C)C(C)CC. The summed E-state index contributed by atoms with van der Waals surface area (Å²) >= 11 is 0. The Morgan fingerprint density at radius 2 is 1.45 bits per heavy atom. The maximum atomic E-state index is 13.3. The first-order chi connectivity index (χ1) is 17.9. The van der Waals surface area contributed by atoms with Crippen molar-refractivity contribution >= 4 is 34.6 Å². The lowest BCUT2D eigenvalue weighted by atomic mass is 9.94. The highest BCUT2D eigenvalue weighted by atomic mass is 16.4. The summed E-state index contributed by atoms with van der Waals surface area (Å²) in [7, 11) is 0. The van der Waals surface area contributed by atoms with Crippen molar-refractivity contribution in [1.82, 2.24) is 20.9 Å². The van der Waals surface area contributed by atoms with E-state index in [4.69, 9.17) is 5.73 Å². The number of hydrogen-bond donors (Lipinski definition) is 6. The van der Waals surface area contributed by atoms with E-state index in [-0.39, 0.29) is 24.2 Å². The predicted molar refractivity (Wildman–Crippen MR) is 147 cm³/mol. The number of para-hydroxylation sites is 1. The number of H-pyrrole nitrogens is 1. The molecule has 0 aliphatic rings. The van der Waals surface area contributed by atoms with Crippen LogP contribution < -0.4 is 21.7 Å². The van der Waals surface area contributed by atoms with Crippen LogP contribution in [0.2, 0.25) is 0 Å². The number of aromatic amines is 1. The zero-order chi connectivity index (χ0) is 28.6. The fraction of sp³-hybridized carbons (Fsp3) is 0.571. The first-order valence-corrected chi connectivity index (χ1v) is 13.4. The Morgan fingerprint density at radius 3 is 2.03 bits per heavy atom. The molecule has 3 amide bonds. The fourth-order valence-electron chi connectivity index (χ4n) is 4.22. The minimum Gasteiger partial charge on any atom is -0.480 e. The maximum Gasteiger partial charge on any atom is 0.326 e. The van der Waals surface area contributed by atoms with E-state index in [2.05, 4.69) is 20.9 Å². The molecule has 2 aromatic rings. The van der Waals surface area contributed by atoms with Crippen molar-refractivity contribution in [2.45, 2.75) is 85.0 Å². The van der Waals surface area contributed by atoms with Crippen LogP contribution in [0.1, 0.15) is 59.9 Å². The van der Waals surface area contributed by atoms with Crippen molar-refractivity contribution in [2.24, 2.45) is 23.5 Å². The molecule has 1 aromatic heterocycles. The zero-order valence-corrected chi connectivity index (χ0v) is 23.2. The minimum absolute atomic E-state index is 0.0602. The Balaban J connectivity index is 2.17. The number of carbonyl (C=O) groups excluding carboxylic acids is 3. The van der Waals surface area contributed by atoms with E-state index in [1.165, 1.54) is 0 Å². The number of rotatable bonds is 14. The van der Waals surface area contributed by atoms with Gasteiger partial charge in [-0.05, 0) is 29.4 Å². The van der Waals surface area contributed by atoms with E-state index in [0.29, 0.717) is 12.8 Å². The number of carbonyl (C=O) groups is 4. The first kappa shape index (κ1) is 30.8. The lowest BCUT2D eigenvalue weighted by molar-refractivity contribution is -0.142. The molecule has 0 bridgehead atoms. The average molecular weight is 530 g/mol. The van der Waals surface area contributed by atoms with Gasteiger partial charge in [0.05, 0.1) is 6.04 Å². The largest absolute Gasteiger partial charge is 0.480 e.